The van der Waals surface area contributed by atoms with Gasteiger partial charge < -0.3 is 10.1 Å². The first-order valence-corrected chi connectivity index (χ1v) is 7.62. The third kappa shape index (κ3) is 4.23. The van der Waals surface area contributed by atoms with E-state index in [1.54, 1.807) is 30.3 Å². The number of ether oxygens (including phenoxy) is 1. The van der Waals surface area contributed by atoms with Crippen LogP contribution in [0.25, 0.3) is 10.9 Å². The van der Waals surface area contributed by atoms with E-state index in [4.69, 9.17) is 4.74 Å². The maximum Gasteiger partial charge on any atom is 0.320 e. The second-order valence-electron chi connectivity index (χ2n) is 5.25. The van der Waals surface area contributed by atoms with Gasteiger partial charge in [0, 0.05) is 11.9 Å². The van der Waals surface area contributed by atoms with Crippen LogP contribution in [-0.4, -0.2) is 29.5 Å². The average molecular weight is 346 g/mol. The molecule has 3 N–H and O–H groups in total. The van der Waals surface area contributed by atoms with Gasteiger partial charge in [0.05, 0.1) is 5.52 Å². The van der Waals surface area contributed by atoms with Crippen molar-refractivity contribution in [2.45, 2.75) is 6.54 Å². The van der Waals surface area contributed by atoms with E-state index in [0.717, 1.165) is 5.56 Å². The van der Waals surface area contributed by atoms with Gasteiger partial charge >= 0.3 is 6.03 Å². The maximum atomic E-state index is 12.9. The molecule has 0 radical (unpaired) electrons. The van der Waals surface area contributed by atoms with E-state index in [0.29, 0.717) is 22.5 Å². The second kappa shape index (κ2) is 7.61. The molecule has 0 bridgehead atoms. The lowest BCUT2D eigenvalue weighted by molar-refractivity contribution is 0.251. The number of nitrogens with one attached hydrogen (secondary N) is 3. The van der Waals surface area contributed by atoms with Crippen molar-refractivity contribution in [2.75, 3.05) is 18.6 Å². The van der Waals surface area contributed by atoms with Gasteiger partial charge in [-0.25, -0.2) is 13.6 Å². The Labute approximate surface area is 142 Å². The van der Waals surface area contributed by atoms with Crippen LogP contribution in [-0.2, 0) is 6.54 Å². The number of alkyl halides is 1. The Kier molecular flexibility index (Phi) is 5.08. The standard InChI is InChI=1S/C17H16F2N4O2/c18-7-8-25-13-5-6-15-14(9-13)16(23-22-15)21-17(24)20-10-11-1-3-12(19)4-2-11/h1-6,9H,7-8,10H2,(H3,20,21,22,23,24). The number of H-pyrrole nitrogens is 1. The number of urea groups is 1. The molecule has 1 aromatic heterocycles. The highest BCUT2D eigenvalue weighted by atomic mass is 19.1. The quantitative estimate of drug-likeness (QED) is 0.640. The van der Waals surface area contributed by atoms with Gasteiger partial charge in [0.2, 0.25) is 0 Å². The molecule has 0 saturated carbocycles. The van der Waals surface area contributed by atoms with E-state index < -0.39 is 12.7 Å². The number of nitrogens with zero attached hydrogens (tertiary/aromatic N) is 1. The third-order valence-electron chi connectivity index (χ3n) is 3.48. The van der Waals surface area contributed by atoms with Crippen molar-refractivity contribution in [3.05, 3.63) is 53.8 Å². The lowest BCUT2D eigenvalue weighted by Gasteiger charge is -2.07. The number of benzene rings is 2. The number of anilines is 1. The topological polar surface area (TPSA) is 79.0 Å². The van der Waals surface area contributed by atoms with Gasteiger partial charge in [-0.2, -0.15) is 5.10 Å². The van der Waals surface area contributed by atoms with Crippen molar-refractivity contribution in [3.8, 4) is 5.75 Å². The summed E-state index contributed by atoms with van der Waals surface area (Å²) in [6.45, 7) is -0.371. The molecule has 3 aromatic rings. The highest BCUT2D eigenvalue weighted by Crippen LogP contribution is 2.25. The molecule has 3 rings (SSSR count). The minimum absolute atomic E-state index is 0.0374. The molecule has 0 aliphatic rings. The van der Waals surface area contributed by atoms with E-state index in [-0.39, 0.29) is 19.0 Å². The van der Waals surface area contributed by atoms with Crippen molar-refractivity contribution in [3.63, 3.8) is 0 Å². The zero-order chi connectivity index (χ0) is 17.6. The molecular weight excluding hydrogens is 330 g/mol. The van der Waals surface area contributed by atoms with E-state index in [2.05, 4.69) is 20.8 Å². The van der Waals surface area contributed by atoms with Crippen LogP contribution < -0.4 is 15.4 Å². The highest BCUT2D eigenvalue weighted by molar-refractivity contribution is 5.99. The fourth-order valence-corrected chi connectivity index (χ4v) is 2.27. The molecule has 0 aliphatic heterocycles. The number of carbonyl (C=O) groups excluding carboxylic acids is 1. The highest BCUT2D eigenvalue weighted by Gasteiger charge is 2.10. The predicted octanol–water partition coefficient (Wildman–Crippen LogP) is 3.37. The number of aromatic nitrogens is 2. The van der Waals surface area contributed by atoms with Crippen LogP contribution in [0, 0.1) is 5.82 Å². The largest absolute Gasteiger partial charge is 0.491 e. The smallest absolute Gasteiger partial charge is 0.320 e. The summed E-state index contributed by atoms with van der Waals surface area (Å²) < 4.78 is 30.3. The summed E-state index contributed by atoms with van der Waals surface area (Å²) in [5.41, 5.74) is 1.48. The number of aromatic amines is 1. The van der Waals surface area contributed by atoms with Crippen LogP contribution in [0.3, 0.4) is 0 Å². The van der Waals surface area contributed by atoms with Crippen molar-refractivity contribution >= 4 is 22.8 Å². The molecule has 8 heteroatoms. The molecule has 0 atom stereocenters. The van der Waals surface area contributed by atoms with Gasteiger partial charge in [0.1, 0.15) is 24.8 Å². The predicted molar refractivity (Wildman–Crippen MR) is 89.8 cm³/mol. The lowest BCUT2D eigenvalue weighted by atomic mass is 10.2. The Hall–Kier alpha value is -3.16. The number of hydrogen-bond acceptors (Lipinski definition) is 3. The Morgan fingerprint density at radius 3 is 2.76 bits per heavy atom. The summed E-state index contributed by atoms with van der Waals surface area (Å²) in [7, 11) is 0. The Bertz CT molecular complexity index is 865. The number of fused-ring (bicyclic) bond motifs is 1. The molecule has 6 nitrogen and oxygen atoms in total. The summed E-state index contributed by atoms with van der Waals surface area (Å²) in [5.74, 6) is 0.487. The summed E-state index contributed by atoms with van der Waals surface area (Å²) in [4.78, 5) is 12.0. The van der Waals surface area contributed by atoms with Crippen molar-refractivity contribution in [1.29, 1.82) is 0 Å². The van der Waals surface area contributed by atoms with Crippen LogP contribution in [0.4, 0.5) is 19.4 Å². The van der Waals surface area contributed by atoms with Crippen molar-refractivity contribution in [1.82, 2.24) is 15.5 Å². The second-order valence-corrected chi connectivity index (χ2v) is 5.25. The summed E-state index contributed by atoms with van der Waals surface area (Å²) in [6.07, 6.45) is 0. The molecule has 0 spiro atoms. The Balaban J connectivity index is 1.64. The van der Waals surface area contributed by atoms with Gasteiger partial charge in [0.25, 0.3) is 0 Å². The summed E-state index contributed by atoms with van der Waals surface area (Å²) in [6, 6.07) is 10.5. The Morgan fingerprint density at radius 1 is 1.20 bits per heavy atom. The van der Waals surface area contributed by atoms with E-state index in [1.165, 1.54) is 12.1 Å². The fraction of sp³-hybridized carbons (Fsp3) is 0.176. The first-order valence-electron chi connectivity index (χ1n) is 7.62. The van der Waals surface area contributed by atoms with E-state index in [1.807, 2.05) is 0 Å². The molecule has 0 saturated heterocycles. The number of hydrogen-bond donors (Lipinski definition) is 3. The summed E-state index contributed by atoms with van der Waals surface area (Å²) >= 11 is 0. The molecule has 0 fully saturated rings. The monoisotopic (exact) mass is 346 g/mol. The molecule has 2 amide bonds. The number of amides is 2. The number of halogens is 2. The molecule has 25 heavy (non-hydrogen) atoms. The summed E-state index contributed by atoms with van der Waals surface area (Å²) in [5, 5.41) is 12.8. The van der Waals surface area contributed by atoms with E-state index in [9.17, 15) is 13.6 Å². The molecule has 2 aromatic carbocycles. The van der Waals surface area contributed by atoms with Crippen LogP contribution in [0.1, 0.15) is 5.56 Å². The van der Waals surface area contributed by atoms with Gasteiger partial charge in [-0.1, -0.05) is 12.1 Å². The molecule has 130 valence electrons. The Morgan fingerprint density at radius 2 is 2.00 bits per heavy atom. The first kappa shape index (κ1) is 16.7. The average Bonchev–Trinajstić information content (AvgIpc) is 3.01. The van der Waals surface area contributed by atoms with Crippen LogP contribution >= 0.6 is 0 Å². The first-order chi connectivity index (χ1) is 12.2. The minimum atomic E-state index is -0.583. The molecule has 1 heterocycles. The third-order valence-corrected chi connectivity index (χ3v) is 3.48. The SMILES string of the molecule is O=C(NCc1ccc(F)cc1)Nc1n[nH]c2ccc(OCCF)cc12. The minimum Gasteiger partial charge on any atom is -0.491 e. The maximum absolute atomic E-state index is 12.9. The molecule has 0 unspecified atom stereocenters. The zero-order valence-corrected chi connectivity index (χ0v) is 13.2. The fourth-order valence-electron chi connectivity index (χ4n) is 2.27. The van der Waals surface area contributed by atoms with Crippen molar-refractivity contribution < 1.29 is 18.3 Å². The van der Waals surface area contributed by atoms with Gasteiger partial charge in [-0.05, 0) is 35.9 Å². The van der Waals surface area contributed by atoms with Crippen LogP contribution in [0.2, 0.25) is 0 Å². The van der Waals surface area contributed by atoms with Gasteiger partial charge in [-0.3, -0.25) is 10.4 Å². The zero-order valence-electron chi connectivity index (χ0n) is 13.2. The normalized spacial score (nSPS) is 10.6. The van der Waals surface area contributed by atoms with Crippen LogP contribution in [0.5, 0.6) is 5.75 Å². The van der Waals surface area contributed by atoms with Gasteiger partial charge in [-0.15, -0.1) is 0 Å². The molecule has 0 aliphatic carbocycles. The van der Waals surface area contributed by atoms with E-state index >= 15 is 0 Å². The number of carbonyl (C=O) groups is 1. The van der Waals surface area contributed by atoms with Crippen LogP contribution in [0.15, 0.2) is 42.5 Å². The lowest BCUT2D eigenvalue weighted by Crippen LogP contribution is -2.28. The van der Waals surface area contributed by atoms with Gasteiger partial charge in [0.15, 0.2) is 5.82 Å². The van der Waals surface area contributed by atoms with Crippen molar-refractivity contribution in [2.24, 2.45) is 0 Å². The number of rotatable bonds is 6. The molecular formula is C17H16F2N4O2.